The van der Waals surface area contributed by atoms with Gasteiger partial charge in [-0.2, -0.15) is 5.10 Å². The number of carbonyl (C=O) groups is 6. The number of thiazole rings is 1. The number of hydrogen-bond acceptors (Lipinski definition) is 12. The largest absolute Gasteiger partial charge is 0.479 e. The second-order valence-corrected chi connectivity index (χ2v) is 14.7. The first-order chi connectivity index (χ1) is 22.0. The number of halogens is 1. The predicted molar refractivity (Wildman–Crippen MR) is 173 cm³/mol. The number of β-lactam (4-membered cyclic amide) rings is 1. The van der Waals surface area contributed by atoms with Gasteiger partial charge in [0.1, 0.15) is 11.7 Å². The third kappa shape index (κ3) is 6.05. The Morgan fingerprint density at radius 1 is 1.19 bits per heavy atom. The van der Waals surface area contributed by atoms with E-state index in [1.54, 1.807) is 25.3 Å². The zero-order valence-corrected chi connectivity index (χ0v) is 28.6. The highest BCUT2D eigenvalue weighted by molar-refractivity contribution is 8.02. The van der Waals surface area contributed by atoms with Gasteiger partial charge in [0.05, 0.1) is 39.6 Å². The van der Waals surface area contributed by atoms with Gasteiger partial charge in [-0.1, -0.05) is 34.6 Å². The van der Waals surface area contributed by atoms with Gasteiger partial charge in [-0.25, -0.2) is 14.8 Å². The Balaban J connectivity index is 1.32. The SMILES string of the molecule is CC(=O)C(C)(C)O/N=C(\C(=O)C[C@@H]1C(=O)N2C[C@@](C(=O)O)(N3N=CC(NC(=O)c4ccc(C)c(C)c4Cl)C3=O)SC12)c1csc(C)n1. The van der Waals surface area contributed by atoms with Crippen LogP contribution in [0.5, 0.6) is 0 Å². The third-order valence-corrected chi connectivity index (χ3v) is 11.3. The summed E-state index contributed by atoms with van der Waals surface area (Å²) in [5.74, 6) is -5.22. The summed E-state index contributed by atoms with van der Waals surface area (Å²) in [6.45, 7) is 9.26. The lowest BCUT2D eigenvalue weighted by molar-refractivity contribution is -0.158. The molecule has 0 radical (unpaired) electrons. The minimum atomic E-state index is -2.01. The zero-order valence-electron chi connectivity index (χ0n) is 26.2. The molecule has 3 aliphatic rings. The number of nitrogens with zero attached hydrogens (tertiary/aromatic N) is 5. The van der Waals surface area contributed by atoms with E-state index in [-0.39, 0.29) is 34.2 Å². The van der Waals surface area contributed by atoms with Crippen molar-refractivity contribution in [2.75, 3.05) is 6.54 Å². The Kier molecular flexibility index (Phi) is 9.07. The van der Waals surface area contributed by atoms with Crippen LogP contribution in [0.3, 0.4) is 0 Å². The molecule has 2 N–H and O–H groups in total. The van der Waals surface area contributed by atoms with E-state index in [0.29, 0.717) is 10.6 Å². The minimum absolute atomic E-state index is 0.144. The predicted octanol–water partition coefficient (Wildman–Crippen LogP) is 2.71. The number of carbonyl (C=O) groups excluding carboxylic acids is 5. The topological polar surface area (TPSA) is 188 Å². The second-order valence-electron chi connectivity index (χ2n) is 11.9. The molecule has 4 atom stereocenters. The number of Topliss-reactive ketones (excluding diaryl/α,β-unsaturated/α-hetero) is 2. The second kappa shape index (κ2) is 12.5. The summed E-state index contributed by atoms with van der Waals surface area (Å²) in [6.07, 6.45) is 0.772. The number of rotatable bonds is 11. The van der Waals surface area contributed by atoms with E-state index in [0.717, 1.165) is 28.5 Å². The van der Waals surface area contributed by atoms with Gasteiger partial charge in [-0.3, -0.25) is 24.0 Å². The van der Waals surface area contributed by atoms with Crippen molar-refractivity contribution in [1.29, 1.82) is 0 Å². The maximum Gasteiger partial charge on any atom is 0.344 e. The number of carboxylic acid groups (broad SMARTS) is 1. The van der Waals surface area contributed by atoms with E-state index in [1.807, 2.05) is 6.92 Å². The lowest BCUT2D eigenvalue weighted by Gasteiger charge is -2.40. The average molecular weight is 703 g/mol. The molecule has 14 nitrogen and oxygen atoms in total. The van der Waals surface area contributed by atoms with Crippen molar-refractivity contribution in [2.45, 2.75) is 69.9 Å². The molecule has 3 aliphatic heterocycles. The molecule has 1 aromatic carbocycles. The fourth-order valence-corrected chi connectivity index (χ4v) is 7.58. The number of aliphatic carboxylic acids is 1. The number of amides is 3. The zero-order chi connectivity index (χ0) is 34.6. The Bertz CT molecular complexity index is 1790. The molecular formula is C30H31ClN6O8S2. The highest BCUT2D eigenvalue weighted by atomic mass is 35.5. The van der Waals surface area contributed by atoms with Crippen molar-refractivity contribution >= 4 is 81.9 Å². The summed E-state index contributed by atoms with van der Waals surface area (Å²) in [5.41, 5.74) is 0.438. The molecule has 0 aliphatic carbocycles. The van der Waals surface area contributed by atoms with E-state index >= 15 is 0 Å². The summed E-state index contributed by atoms with van der Waals surface area (Å²) in [7, 11) is 0. The molecule has 4 heterocycles. The van der Waals surface area contributed by atoms with Crippen LogP contribution in [0.1, 0.15) is 59.4 Å². The molecular weight excluding hydrogens is 672 g/mol. The summed E-state index contributed by atoms with van der Waals surface area (Å²) < 4.78 is 0. The summed E-state index contributed by atoms with van der Waals surface area (Å²) >= 11 is 8.44. The van der Waals surface area contributed by atoms with Crippen LogP contribution in [0.25, 0.3) is 0 Å². The monoisotopic (exact) mass is 702 g/mol. The van der Waals surface area contributed by atoms with Crippen LogP contribution in [0.15, 0.2) is 27.8 Å². The molecule has 3 amide bonds. The molecule has 2 aromatic rings. The van der Waals surface area contributed by atoms with E-state index in [2.05, 4.69) is 20.6 Å². The Morgan fingerprint density at radius 3 is 2.51 bits per heavy atom. The molecule has 2 fully saturated rings. The number of aryl methyl sites for hydroxylation is 2. The fourth-order valence-electron chi connectivity index (χ4n) is 5.06. The quantitative estimate of drug-likeness (QED) is 0.200. The van der Waals surface area contributed by atoms with Crippen LogP contribution in [-0.4, -0.2) is 95.6 Å². The van der Waals surface area contributed by atoms with E-state index in [4.69, 9.17) is 16.4 Å². The number of ketones is 2. The Morgan fingerprint density at radius 2 is 1.89 bits per heavy atom. The number of aromatic nitrogens is 1. The van der Waals surface area contributed by atoms with Crippen LogP contribution < -0.4 is 5.32 Å². The Hall–Kier alpha value is -4.15. The molecule has 47 heavy (non-hydrogen) atoms. The van der Waals surface area contributed by atoms with Gasteiger partial charge < -0.3 is 20.2 Å². The molecule has 17 heteroatoms. The van der Waals surface area contributed by atoms with Crippen molar-refractivity contribution in [3.05, 3.63) is 49.9 Å². The van der Waals surface area contributed by atoms with Gasteiger partial charge in [-0.15, -0.1) is 11.3 Å². The maximum absolute atomic E-state index is 13.5. The number of thioether (sulfide) groups is 1. The van der Waals surface area contributed by atoms with Crippen molar-refractivity contribution in [2.24, 2.45) is 16.2 Å². The minimum Gasteiger partial charge on any atom is -0.479 e. The van der Waals surface area contributed by atoms with Gasteiger partial charge in [0.25, 0.3) is 11.8 Å². The molecule has 2 saturated heterocycles. The number of benzene rings is 1. The first kappa shape index (κ1) is 34.2. The summed E-state index contributed by atoms with van der Waals surface area (Å²) in [6, 6.07) is 1.97. The first-order valence-electron chi connectivity index (χ1n) is 14.4. The van der Waals surface area contributed by atoms with Crippen molar-refractivity contribution in [3.8, 4) is 0 Å². The lowest BCUT2D eigenvalue weighted by Crippen LogP contribution is -2.59. The number of fused-ring (bicyclic) bond motifs is 1. The highest BCUT2D eigenvalue weighted by Crippen LogP contribution is 2.52. The summed E-state index contributed by atoms with van der Waals surface area (Å²) in [5, 5.41) is 23.4. The number of hydrazone groups is 1. The van der Waals surface area contributed by atoms with E-state index in [1.165, 1.54) is 43.1 Å². The van der Waals surface area contributed by atoms with Gasteiger partial charge in [0, 0.05) is 11.8 Å². The van der Waals surface area contributed by atoms with Crippen LogP contribution in [0, 0.1) is 26.7 Å². The van der Waals surface area contributed by atoms with Gasteiger partial charge in [-0.05, 0) is 58.7 Å². The molecule has 1 aromatic heterocycles. The average Bonchev–Trinajstić information content (AvgIpc) is 3.70. The van der Waals surface area contributed by atoms with Crippen LogP contribution >= 0.6 is 34.7 Å². The maximum atomic E-state index is 13.5. The molecule has 5 rings (SSSR count). The van der Waals surface area contributed by atoms with Crippen LogP contribution in [-0.2, 0) is 28.8 Å². The lowest BCUT2D eigenvalue weighted by atomic mass is 9.90. The smallest absolute Gasteiger partial charge is 0.344 e. The van der Waals surface area contributed by atoms with Crippen molar-refractivity contribution in [3.63, 3.8) is 0 Å². The van der Waals surface area contributed by atoms with Gasteiger partial charge in [0.15, 0.2) is 22.9 Å². The molecule has 2 unspecified atom stereocenters. The molecule has 0 bridgehead atoms. The normalized spacial score (nSPS) is 23.9. The molecule has 0 saturated carbocycles. The van der Waals surface area contributed by atoms with E-state index < -0.39 is 63.8 Å². The van der Waals surface area contributed by atoms with Gasteiger partial charge in [0.2, 0.25) is 10.8 Å². The van der Waals surface area contributed by atoms with Crippen molar-refractivity contribution < 1.29 is 38.7 Å². The highest BCUT2D eigenvalue weighted by Gasteiger charge is 2.66. The standard InChI is InChI=1S/C30H31ClN6O8S2/c1-13-7-8-17(22(31)14(13)2)24(40)34-19-10-32-37(26(19)42)30(28(43)44)12-36-25(41)18(27(36)47-30)9-21(39)23(20-11-46-16(4)33-20)35-45-29(5,6)15(3)38/h7-8,10-11,18-19,27H,9,12H2,1-6H3,(H,34,40)(H,43,44)/b35-23-/t18-,19?,27?,30-/m1/s1. The van der Waals surface area contributed by atoms with Crippen LogP contribution in [0.4, 0.5) is 0 Å². The number of oxime groups is 1. The molecule has 0 spiro atoms. The first-order valence-corrected chi connectivity index (χ1v) is 16.5. The molecule has 248 valence electrons. The van der Waals surface area contributed by atoms with Crippen molar-refractivity contribution in [1.82, 2.24) is 20.2 Å². The number of hydrogen-bond donors (Lipinski definition) is 2. The van der Waals surface area contributed by atoms with Crippen LogP contribution in [0.2, 0.25) is 5.02 Å². The van der Waals surface area contributed by atoms with E-state index in [9.17, 15) is 33.9 Å². The third-order valence-electron chi connectivity index (χ3n) is 8.37. The number of carboxylic acids is 1. The van der Waals surface area contributed by atoms with Gasteiger partial charge >= 0.3 is 5.97 Å². The number of nitrogens with one attached hydrogen (secondary N) is 1. The Labute approximate surface area is 282 Å². The fraction of sp³-hybridized carbons (Fsp3) is 0.433. The summed E-state index contributed by atoms with van der Waals surface area (Å²) in [4.78, 5) is 86.9.